The van der Waals surface area contributed by atoms with E-state index in [1.165, 1.54) is 4.90 Å². The molecule has 8 heteroatoms. The third-order valence-electron chi connectivity index (χ3n) is 4.91. The van der Waals surface area contributed by atoms with E-state index in [1.807, 2.05) is 20.8 Å². The molecule has 4 N–H and O–H groups in total. The minimum atomic E-state index is -1.64. The zero-order chi connectivity index (χ0) is 21.0. The van der Waals surface area contributed by atoms with Gasteiger partial charge in [0, 0.05) is 23.2 Å². The number of aromatic nitrogens is 2. The highest BCUT2D eigenvalue weighted by Crippen LogP contribution is 2.44. The van der Waals surface area contributed by atoms with E-state index in [-0.39, 0.29) is 17.3 Å². The van der Waals surface area contributed by atoms with Gasteiger partial charge in [0.05, 0.1) is 11.0 Å². The second kappa shape index (κ2) is 6.31. The van der Waals surface area contributed by atoms with E-state index >= 15 is 0 Å². The topological polar surface area (TPSA) is 119 Å². The second-order valence-electron chi connectivity index (χ2n) is 8.42. The van der Waals surface area contributed by atoms with Crippen LogP contribution in [0.3, 0.4) is 0 Å². The van der Waals surface area contributed by atoms with Crippen molar-refractivity contribution in [3.05, 3.63) is 59.2 Å². The Morgan fingerprint density at radius 1 is 1.24 bits per heavy atom. The first-order chi connectivity index (χ1) is 13.6. The Balaban J connectivity index is 1.87. The molecular weight excluding hydrogens is 372 g/mol. The van der Waals surface area contributed by atoms with Crippen LogP contribution in [0.2, 0.25) is 0 Å². The van der Waals surface area contributed by atoms with Crippen LogP contribution in [0.1, 0.15) is 42.3 Å². The lowest BCUT2D eigenvalue weighted by atomic mass is 9.91. The van der Waals surface area contributed by atoms with Gasteiger partial charge in [0.1, 0.15) is 0 Å². The third kappa shape index (κ3) is 3.11. The number of hydrogen-bond donors (Lipinski definition) is 4. The molecule has 2 aromatic carbocycles. The Morgan fingerprint density at radius 2 is 1.97 bits per heavy atom. The largest absolute Gasteiger partial charge is 0.465 e. The van der Waals surface area contributed by atoms with Gasteiger partial charge in [0.15, 0.2) is 5.72 Å². The first-order valence-corrected chi connectivity index (χ1v) is 9.24. The number of H-pyrrole nitrogens is 1. The fourth-order valence-corrected chi connectivity index (χ4v) is 3.77. The number of nitrogens with zero attached hydrogens (tertiary/aromatic N) is 2. The van der Waals surface area contributed by atoms with Crippen LogP contribution in [0.15, 0.2) is 42.5 Å². The quantitative estimate of drug-likeness (QED) is 0.543. The number of aromatic amines is 1. The molecule has 0 spiro atoms. The van der Waals surface area contributed by atoms with Crippen molar-refractivity contribution in [2.75, 3.05) is 11.9 Å². The summed E-state index contributed by atoms with van der Waals surface area (Å²) in [5, 5.41) is 22.9. The number of hydrogen-bond acceptors (Lipinski definition) is 4. The molecule has 29 heavy (non-hydrogen) atoms. The van der Waals surface area contributed by atoms with Gasteiger partial charge in [0.25, 0.3) is 5.91 Å². The molecule has 0 radical (unpaired) electrons. The first kappa shape index (κ1) is 18.9. The van der Waals surface area contributed by atoms with Crippen molar-refractivity contribution in [2.24, 2.45) is 5.41 Å². The van der Waals surface area contributed by atoms with Gasteiger partial charge in [-0.3, -0.25) is 10.1 Å². The van der Waals surface area contributed by atoms with Crippen LogP contribution in [0.25, 0.3) is 11.0 Å². The number of carbonyl (C=O) groups excluding carboxylic acids is 1. The predicted molar refractivity (Wildman–Crippen MR) is 108 cm³/mol. The molecule has 0 bridgehead atoms. The minimum absolute atomic E-state index is 0.0890. The summed E-state index contributed by atoms with van der Waals surface area (Å²) in [5.41, 5.74) is 0.687. The number of aliphatic hydroxyl groups is 1. The van der Waals surface area contributed by atoms with Crippen molar-refractivity contribution >= 4 is 29.0 Å². The smallest absolute Gasteiger partial charge is 0.411 e. The van der Waals surface area contributed by atoms with Crippen molar-refractivity contribution in [2.45, 2.75) is 26.5 Å². The van der Waals surface area contributed by atoms with Crippen molar-refractivity contribution < 1.29 is 19.8 Å². The lowest BCUT2D eigenvalue weighted by Crippen LogP contribution is -2.48. The number of carbonyl (C=O) groups is 2. The molecule has 2 heterocycles. The van der Waals surface area contributed by atoms with E-state index in [1.54, 1.807) is 42.5 Å². The lowest BCUT2D eigenvalue weighted by Gasteiger charge is -2.38. The minimum Gasteiger partial charge on any atom is -0.465 e. The number of nitrogens with one attached hydrogen (secondary N) is 2. The number of anilines is 1. The molecule has 1 atom stereocenters. The maximum atomic E-state index is 13.1. The van der Waals surface area contributed by atoms with Crippen LogP contribution in [0, 0.1) is 5.41 Å². The van der Waals surface area contributed by atoms with Crippen LogP contribution in [-0.2, 0) is 5.72 Å². The number of fused-ring (bicyclic) bond motifs is 2. The highest BCUT2D eigenvalue weighted by atomic mass is 16.4. The molecule has 150 valence electrons. The van der Waals surface area contributed by atoms with Crippen LogP contribution in [0.5, 0.6) is 0 Å². The lowest BCUT2D eigenvalue weighted by molar-refractivity contribution is -0.0616. The molecular formula is C21H22N4O4. The predicted octanol–water partition coefficient (Wildman–Crippen LogP) is 3.35. The van der Waals surface area contributed by atoms with Gasteiger partial charge in [-0.1, -0.05) is 45.0 Å². The Labute approximate surface area is 167 Å². The van der Waals surface area contributed by atoms with Crippen LogP contribution in [0.4, 0.5) is 10.7 Å². The second-order valence-corrected chi connectivity index (χ2v) is 8.42. The summed E-state index contributed by atoms with van der Waals surface area (Å²) in [5.74, 6) is -0.139. The first-order valence-electron chi connectivity index (χ1n) is 9.24. The molecule has 1 unspecified atom stereocenters. The van der Waals surface area contributed by atoms with Crippen molar-refractivity contribution in [1.29, 1.82) is 0 Å². The van der Waals surface area contributed by atoms with E-state index in [4.69, 9.17) is 5.11 Å². The number of carboxylic acid groups (broad SMARTS) is 1. The van der Waals surface area contributed by atoms with Gasteiger partial charge in [-0.2, -0.15) is 0 Å². The summed E-state index contributed by atoms with van der Waals surface area (Å²) in [6.45, 7) is 6.36. The van der Waals surface area contributed by atoms with E-state index in [0.29, 0.717) is 34.3 Å². The van der Waals surface area contributed by atoms with E-state index < -0.39 is 11.8 Å². The molecule has 0 saturated heterocycles. The molecule has 0 saturated carbocycles. The maximum Gasteiger partial charge on any atom is 0.411 e. The standard InChI is InChI=1S/C21H22N4O4/c1-20(2,3)11-25-17(26)13-6-4-5-7-14(13)21(25,29)12-8-9-15-16(10-12)23-18(22-15)24-19(27)28/h4-10,29H,11H2,1-3H3,(H,27,28)(H2,22,23,24). The average Bonchev–Trinajstić information content (AvgIpc) is 3.12. The summed E-state index contributed by atoms with van der Waals surface area (Å²) >= 11 is 0. The number of rotatable bonds is 3. The zero-order valence-electron chi connectivity index (χ0n) is 16.4. The number of amides is 2. The zero-order valence-corrected chi connectivity index (χ0v) is 16.4. The summed E-state index contributed by atoms with van der Waals surface area (Å²) < 4.78 is 0. The normalized spacial score (nSPS) is 18.9. The van der Waals surface area contributed by atoms with Crippen LogP contribution >= 0.6 is 0 Å². The van der Waals surface area contributed by atoms with Crippen molar-refractivity contribution in [3.8, 4) is 0 Å². The average molecular weight is 394 g/mol. The van der Waals surface area contributed by atoms with E-state index in [0.717, 1.165) is 0 Å². The fourth-order valence-electron chi connectivity index (χ4n) is 3.77. The van der Waals surface area contributed by atoms with Gasteiger partial charge in [-0.25, -0.2) is 9.78 Å². The summed E-state index contributed by atoms with van der Waals surface area (Å²) in [6, 6.07) is 12.1. The molecule has 8 nitrogen and oxygen atoms in total. The maximum absolute atomic E-state index is 13.1. The SMILES string of the molecule is CC(C)(C)CN1C(=O)c2ccccc2C1(O)c1ccc2[nH]c(NC(=O)O)nc2c1. The summed E-state index contributed by atoms with van der Waals surface area (Å²) in [4.78, 5) is 32.6. The van der Waals surface area contributed by atoms with E-state index in [2.05, 4.69) is 15.3 Å². The van der Waals surface area contributed by atoms with Crippen molar-refractivity contribution in [1.82, 2.24) is 14.9 Å². The summed E-state index contributed by atoms with van der Waals surface area (Å²) in [6.07, 6.45) is -1.23. The highest BCUT2D eigenvalue weighted by molar-refractivity contribution is 6.00. The molecule has 1 aliphatic rings. The van der Waals surface area contributed by atoms with Gasteiger partial charge >= 0.3 is 6.09 Å². The molecule has 4 rings (SSSR count). The van der Waals surface area contributed by atoms with Gasteiger partial charge < -0.3 is 20.1 Å². The molecule has 3 aromatic rings. The Kier molecular flexibility index (Phi) is 4.13. The highest BCUT2D eigenvalue weighted by Gasteiger charge is 2.50. The molecule has 0 aliphatic carbocycles. The van der Waals surface area contributed by atoms with Gasteiger partial charge in [0.2, 0.25) is 5.95 Å². The Morgan fingerprint density at radius 3 is 2.66 bits per heavy atom. The molecule has 2 amide bonds. The third-order valence-corrected chi connectivity index (χ3v) is 4.91. The monoisotopic (exact) mass is 394 g/mol. The van der Waals surface area contributed by atoms with Gasteiger partial charge in [-0.15, -0.1) is 0 Å². The molecule has 1 aliphatic heterocycles. The molecule has 1 aromatic heterocycles. The van der Waals surface area contributed by atoms with Crippen LogP contribution in [-0.4, -0.2) is 43.6 Å². The van der Waals surface area contributed by atoms with Crippen LogP contribution < -0.4 is 5.32 Å². The number of imidazole rings is 1. The Bertz CT molecular complexity index is 1130. The summed E-state index contributed by atoms with van der Waals surface area (Å²) in [7, 11) is 0. The molecule has 0 fully saturated rings. The van der Waals surface area contributed by atoms with E-state index in [9.17, 15) is 14.7 Å². The fraction of sp³-hybridized carbons (Fsp3) is 0.286. The van der Waals surface area contributed by atoms with Crippen molar-refractivity contribution in [3.63, 3.8) is 0 Å². The Hall–Kier alpha value is -3.39. The van der Waals surface area contributed by atoms with Gasteiger partial charge in [-0.05, 0) is 23.6 Å². The number of benzene rings is 2.